The van der Waals surface area contributed by atoms with Crippen molar-refractivity contribution >= 4 is 68.6 Å². The minimum atomic E-state index is -0.398. The van der Waals surface area contributed by atoms with Crippen molar-refractivity contribution in [3.63, 3.8) is 0 Å². The summed E-state index contributed by atoms with van der Waals surface area (Å²) in [6.07, 6.45) is 1.69. The molecule has 0 bridgehead atoms. The smallest absolute Gasteiger partial charge is 0.298 e. The molecule has 0 saturated carbocycles. The van der Waals surface area contributed by atoms with Gasteiger partial charge >= 0.3 is 0 Å². The fraction of sp³-hybridized carbons (Fsp3) is 0.0370. The molecule has 4 nitrogen and oxygen atoms in total. The quantitative estimate of drug-likeness (QED) is 0.258. The number of anilines is 1. The van der Waals surface area contributed by atoms with E-state index in [0.717, 1.165) is 27.8 Å². The predicted octanol–water partition coefficient (Wildman–Crippen LogP) is 7.97. The summed E-state index contributed by atoms with van der Waals surface area (Å²) in [6.45, 7) is 0.448. The fourth-order valence-corrected chi connectivity index (χ4v) is 4.84. The van der Waals surface area contributed by atoms with Gasteiger partial charge in [-0.2, -0.15) is 0 Å². The number of halogens is 2. The minimum Gasteiger partial charge on any atom is -0.489 e. The van der Waals surface area contributed by atoms with Gasteiger partial charge in [-0.25, -0.2) is 4.90 Å². The Hall–Kier alpha value is -3.25. The lowest BCUT2D eigenvalue weighted by Gasteiger charge is -2.13. The number of rotatable bonds is 5. The zero-order valence-electron chi connectivity index (χ0n) is 17.7. The van der Waals surface area contributed by atoms with Crippen LogP contribution in [0.4, 0.5) is 10.5 Å². The molecule has 1 heterocycles. The number of carbonyl (C=O) groups is 2. The predicted molar refractivity (Wildman–Crippen MR) is 140 cm³/mol. The SMILES string of the molecule is O=C1S/C(=C/c2ccc(OCc3cccc4ccccc34)cc2)C(=O)N1c1ccc(Cl)c(Cl)c1. The van der Waals surface area contributed by atoms with Gasteiger partial charge in [-0.05, 0) is 70.1 Å². The summed E-state index contributed by atoms with van der Waals surface area (Å²) in [5, 5.41) is 2.59. The third kappa shape index (κ3) is 4.55. The number of hydrogen-bond donors (Lipinski definition) is 0. The molecule has 4 aromatic rings. The highest BCUT2D eigenvalue weighted by Crippen LogP contribution is 2.37. The van der Waals surface area contributed by atoms with E-state index >= 15 is 0 Å². The van der Waals surface area contributed by atoms with Crippen molar-refractivity contribution in [2.45, 2.75) is 6.61 Å². The number of ether oxygens (including phenoxy) is 1. The standard InChI is InChI=1S/C27H17Cl2NO3S/c28-23-13-10-20(15-24(23)29)30-26(31)25(34-27(30)32)14-17-8-11-21(12-9-17)33-16-19-6-3-5-18-4-1-2-7-22(18)19/h1-15H,16H2/b25-14+. The molecule has 1 saturated heterocycles. The molecule has 4 aromatic carbocycles. The summed E-state index contributed by atoms with van der Waals surface area (Å²) in [6, 6.07) is 26.4. The van der Waals surface area contributed by atoms with Crippen LogP contribution in [-0.4, -0.2) is 11.1 Å². The van der Waals surface area contributed by atoms with Crippen LogP contribution in [0.25, 0.3) is 16.8 Å². The molecule has 1 fully saturated rings. The first-order valence-electron chi connectivity index (χ1n) is 10.4. The van der Waals surface area contributed by atoms with E-state index in [1.54, 1.807) is 18.2 Å². The second kappa shape index (κ2) is 9.55. The Morgan fingerprint density at radius 3 is 2.41 bits per heavy atom. The summed E-state index contributed by atoms with van der Waals surface area (Å²) >= 11 is 12.9. The van der Waals surface area contributed by atoms with E-state index in [1.165, 1.54) is 16.8 Å². The second-order valence-electron chi connectivity index (χ2n) is 7.61. The molecular formula is C27H17Cl2NO3S. The van der Waals surface area contributed by atoms with Gasteiger partial charge < -0.3 is 4.74 Å². The molecule has 1 aliphatic heterocycles. The number of fused-ring (bicyclic) bond motifs is 1. The highest BCUT2D eigenvalue weighted by atomic mass is 35.5. The third-order valence-corrected chi connectivity index (χ3v) is 7.02. The Morgan fingerprint density at radius 1 is 0.853 bits per heavy atom. The zero-order valence-corrected chi connectivity index (χ0v) is 20.0. The molecule has 0 N–H and O–H groups in total. The summed E-state index contributed by atoms with van der Waals surface area (Å²) in [4.78, 5) is 26.8. The summed E-state index contributed by atoms with van der Waals surface area (Å²) in [5.41, 5.74) is 2.28. The molecule has 0 aromatic heterocycles. The van der Waals surface area contributed by atoms with Gasteiger partial charge in [0.2, 0.25) is 0 Å². The van der Waals surface area contributed by atoms with Crippen LogP contribution in [-0.2, 0) is 11.4 Å². The van der Waals surface area contributed by atoms with Gasteiger partial charge in [0.05, 0.1) is 20.6 Å². The van der Waals surface area contributed by atoms with Crippen molar-refractivity contribution < 1.29 is 14.3 Å². The molecule has 0 radical (unpaired) electrons. The lowest BCUT2D eigenvalue weighted by molar-refractivity contribution is -0.113. The Labute approximate surface area is 210 Å². The van der Waals surface area contributed by atoms with Crippen LogP contribution >= 0.6 is 35.0 Å². The molecule has 0 spiro atoms. The van der Waals surface area contributed by atoms with Gasteiger partial charge in [0.1, 0.15) is 12.4 Å². The Balaban J connectivity index is 1.30. The molecule has 2 amide bonds. The van der Waals surface area contributed by atoms with Crippen LogP contribution < -0.4 is 9.64 Å². The maximum atomic E-state index is 12.9. The van der Waals surface area contributed by atoms with E-state index in [4.69, 9.17) is 27.9 Å². The van der Waals surface area contributed by atoms with Gasteiger partial charge in [-0.15, -0.1) is 0 Å². The van der Waals surface area contributed by atoms with Gasteiger partial charge in [0, 0.05) is 0 Å². The molecule has 1 aliphatic rings. The van der Waals surface area contributed by atoms with Crippen LogP contribution in [0, 0.1) is 0 Å². The molecule has 5 rings (SSSR count). The van der Waals surface area contributed by atoms with Gasteiger partial charge in [0.15, 0.2) is 0 Å². The van der Waals surface area contributed by atoms with Crippen molar-refractivity contribution in [3.05, 3.63) is 111 Å². The van der Waals surface area contributed by atoms with Crippen molar-refractivity contribution in [2.75, 3.05) is 4.90 Å². The molecule has 0 atom stereocenters. The molecule has 34 heavy (non-hydrogen) atoms. The van der Waals surface area contributed by atoms with E-state index in [1.807, 2.05) is 42.5 Å². The van der Waals surface area contributed by atoms with Gasteiger partial charge in [-0.1, -0.05) is 77.8 Å². The number of amides is 2. The lowest BCUT2D eigenvalue weighted by atomic mass is 10.1. The van der Waals surface area contributed by atoms with E-state index in [9.17, 15) is 9.59 Å². The second-order valence-corrected chi connectivity index (χ2v) is 9.42. The van der Waals surface area contributed by atoms with Crippen LogP contribution in [0.1, 0.15) is 11.1 Å². The number of imide groups is 1. The van der Waals surface area contributed by atoms with Gasteiger partial charge in [-0.3, -0.25) is 9.59 Å². The summed E-state index contributed by atoms with van der Waals surface area (Å²) in [5.74, 6) is 0.318. The maximum absolute atomic E-state index is 12.9. The first-order chi connectivity index (χ1) is 16.5. The lowest BCUT2D eigenvalue weighted by Crippen LogP contribution is -2.27. The number of nitrogens with zero attached hydrogens (tertiary/aromatic N) is 1. The van der Waals surface area contributed by atoms with E-state index < -0.39 is 5.91 Å². The number of thioether (sulfide) groups is 1. The number of hydrogen-bond acceptors (Lipinski definition) is 4. The highest BCUT2D eigenvalue weighted by molar-refractivity contribution is 8.19. The Morgan fingerprint density at radius 2 is 1.62 bits per heavy atom. The minimum absolute atomic E-state index is 0.279. The average molecular weight is 506 g/mol. The maximum Gasteiger partial charge on any atom is 0.298 e. The van der Waals surface area contributed by atoms with Crippen molar-refractivity contribution in [3.8, 4) is 5.75 Å². The molecular weight excluding hydrogens is 489 g/mol. The molecule has 7 heteroatoms. The van der Waals surface area contributed by atoms with Crippen molar-refractivity contribution in [1.82, 2.24) is 0 Å². The third-order valence-electron chi connectivity index (χ3n) is 5.41. The monoisotopic (exact) mass is 505 g/mol. The molecule has 0 unspecified atom stereocenters. The van der Waals surface area contributed by atoms with Crippen LogP contribution in [0.15, 0.2) is 89.8 Å². The molecule has 168 valence electrons. The molecule has 0 aliphatic carbocycles. The fourth-order valence-electron chi connectivity index (χ4n) is 3.71. The topological polar surface area (TPSA) is 46.6 Å². The summed E-state index contributed by atoms with van der Waals surface area (Å²) < 4.78 is 5.98. The van der Waals surface area contributed by atoms with E-state index in [-0.39, 0.29) is 10.3 Å². The Bertz CT molecular complexity index is 1440. The van der Waals surface area contributed by atoms with Crippen molar-refractivity contribution in [2.24, 2.45) is 0 Å². The number of benzene rings is 4. The van der Waals surface area contributed by atoms with Crippen LogP contribution in [0.3, 0.4) is 0 Å². The number of carbonyl (C=O) groups excluding carboxylic acids is 2. The van der Waals surface area contributed by atoms with Gasteiger partial charge in [0.25, 0.3) is 11.1 Å². The zero-order chi connectivity index (χ0) is 23.7. The normalized spacial score (nSPS) is 14.9. The first-order valence-corrected chi connectivity index (χ1v) is 12.0. The van der Waals surface area contributed by atoms with Crippen LogP contribution in [0.2, 0.25) is 10.0 Å². The van der Waals surface area contributed by atoms with Crippen molar-refractivity contribution in [1.29, 1.82) is 0 Å². The summed E-state index contributed by atoms with van der Waals surface area (Å²) in [7, 11) is 0. The average Bonchev–Trinajstić information content (AvgIpc) is 3.13. The highest BCUT2D eigenvalue weighted by Gasteiger charge is 2.36. The van der Waals surface area contributed by atoms with E-state index in [0.29, 0.717) is 28.0 Å². The first kappa shape index (κ1) is 22.5. The van der Waals surface area contributed by atoms with Crippen LogP contribution in [0.5, 0.6) is 5.75 Å². The largest absolute Gasteiger partial charge is 0.489 e. The Kier molecular flexibility index (Phi) is 6.33. The van der Waals surface area contributed by atoms with E-state index in [2.05, 4.69) is 24.3 Å².